The van der Waals surface area contributed by atoms with Gasteiger partial charge in [0, 0.05) is 13.1 Å². The summed E-state index contributed by atoms with van der Waals surface area (Å²) in [5, 5.41) is 4.33. The molecule has 0 aliphatic carbocycles. The van der Waals surface area contributed by atoms with E-state index in [1.807, 2.05) is 6.92 Å². The van der Waals surface area contributed by atoms with Gasteiger partial charge in [0.2, 0.25) is 0 Å². The Morgan fingerprint density at radius 1 is 1.33 bits per heavy atom. The van der Waals surface area contributed by atoms with Crippen LogP contribution < -0.4 is 4.90 Å². The summed E-state index contributed by atoms with van der Waals surface area (Å²) < 4.78 is 7.18. The zero-order valence-corrected chi connectivity index (χ0v) is 13.6. The maximum Gasteiger partial charge on any atom is 0.359 e. The summed E-state index contributed by atoms with van der Waals surface area (Å²) in [6.07, 6.45) is 2.25. The van der Waals surface area contributed by atoms with Gasteiger partial charge in [0.1, 0.15) is 11.3 Å². The number of rotatable bonds is 3. The van der Waals surface area contributed by atoms with E-state index >= 15 is 0 Å². The van der Waals surface area contributed by atoms with Crippen LogP contribution in [-0.4, -0.2) is 45.2 Å². The van der Waals surface area contributed by atoms with Gasteiger partial charge in [0.15, 0.2) is 16.2 Å². The number of aryl methyl sites for hydroxylation is 1. The van der Waals surface area contributed by atoms with Gasteiger partial charge in [-0.25, -0.2) is 19.3 Å². The van der Waals surface area contributed by atoms with E-state index in [2.05, 4.69) is 35.9 Å². The van der Waals surface area contributed by atoms with Crippen molar-refractivity contribution in [3.8, 4) is 0 Å². The molecule has 1 fully saturated rings. The predicted molar refractivity (Wildman–Crippen MR) is 80.6 cm³/mol. The number of hydrogen-bond donors (Lipinski definition) is 0. The molecule has 0 bridgehead atoms. The molecule has 7 nitrogen and oxygen atoms in total. The minimum Gasteiger partial charge on any atom is -0.461 e. The number of carbonyl (C=O) groups is 1. The Kier molecular flexibility index (Phi) is 3.79. The van der Waals surface area contributed by atoms with Crippen molar-refractivity contribution < 1.29 is 9.53 Å². The maximum atomic E-state index is 12.1. The van der Waals surface area contributed by atoms with E-state index in [0.29, 0.717) is 22.7 Å². The highest BCUT2D eigenvalue weighted by Gasteiger charge is 2.26. The fraction of sp³-hybridized carbons (Fsp3) is 0.538. The van der Waals surface area contributed by atoms with E-state index < -0.39 is 5.97 Å². The smallest absolute Gasteiger partial charge is 0.359 e. The predicted octanol–water partition coefficient (Wildman–Crippen LogP) is 1.97. The fourth-order valence-electron chi connectivity index (χ4n) is 2.54. The molecule has 0 N–H and O–H groups in total. The van der Waals surface area contributed by atoms with E-state index in [-0.39, 0.29) is 5.69 Å². The molecule has 0 atom stereocenters. The summed E-state index contributed by atoms with van der Waals surface area (Å²) in [7, 11) is 0. The molecule has 2 aromatic rings. The van der Waals surface area contributed by atoms with E-state index in [0.717, 1.165) is 31.7 Å². The summed E-state index contributed by atoms with van der Waals surface area (Å²) in [4.78, 5) is 23.1. The topological polar surface area (TPSA) is 72.6 Å². The van der Waals surface area contributed by atoms with Gasteiger partial charge in [-0.3, -0.25) is 0 Å². The Morgan fingerprint density at radius 2 is 2.05 bits per heavy atom. The number of esters is 1. The number of imidazole rings is 1. The Labute approximate surface area is 130 Å². The molecule has 0 saturated carbocycles. The molecule has 1 saturated heterocycles. The van der Waals surface area contributed by atoms with Gasteiger partial charge in [-0.15, -0.1) is 0 Å². The number of aromatic nitrogens is 4. The second kappa shape index (κ2) is 5.59. The van der Waals surface area contributed by atoms with Gasteiger partial charge in [0.05, 0.1) is 6.61 Å². The van der Waals surface area contributed by atoms with E-state index in [1.54, 1.807) is 11.4 Å². The van der Waals surface area contributed by atoms with Crippen LogP contribution in [0.4, 0.5) is 5.82 Å². The largest absolute Gasteiger partial charge is 0.461 e. The molecule has 3 heterocycles. The molecule has 1 aliphatic rings. The quantitative estimate of drug-likeness (QED) is 0.785. The maximum absolute atomic E-state index is 12.1. The molecule has 0 amide bonds. The SMILES string of the molecule is CCOC(=O)c1nc(Br)n2nc(C)nc(N3CCCC3)c12. The lowest BCUT2D eigenvalue weighted by Crippen LogP contribution is -2.22. The van der Waals surface area contributed by atoms with Crippen LogP contribution >= 0.6 is 15.9 Å². The third kappa shape index (κ3) is 2.48. The second-order valence-electron chi connectivity index (χ2n) is 4.89. The monoisotopic (exact) mass is 353 g/mol. The number of anilines is 1. The average Bonchev–Trinajstić information content (AvgIpc) is 3.07. The molecule has 0 aromatic carbocycles. The normalized spacial score (nSPS) is 14.9. The van der Waals surface area contributed by atoms with Crippen LogP contribution in [0.15, 0.2) is 4.73 Å². The summed E-state index contributed by atoms with van der Waals surface area (Å²) in [6, 6.07) is 0. The van der Waals surface area contributed by atoms with Crippen molar-refractivity contribution in [1.29, 1.82) is 0 Å². The number of carbonyl (C=O) groups excluding carboxylic acids is 1. The number of nitrogens with zero attached hydrogens (tertiary/aromatic N) is 5. The van der Waals surface area contributed by atoms with Crippen molar-refractivity contribution in [2.45, 2.75) is 26.7 Å². The van der Waals surface area contributed by atoms with Gasteiger partial charge < -0.3 is 9.64 Å². The number of ether oxygens (including phenoxy) is 1. The summed E-state index contributed by atoms with van der Waals surface area (Å²) in [5.41, 5.74) is 0.860. The molecule has 1 aliphatic heterocycles. The first kappa shape index (κ1) is 14.2. The Morgan fingerprint density at radius 3 is 2.71 bits per heavy atom. The number of fused-ring (bicyclic) bond motifs is 1. The highest BCUT2D eigenvalue weighted by atomic mass is 79.9. The first-order chi connectivity index (χ1) is 10.1. The Balaban J connectivity index is 2.22. The fourth-order valence-corrected chi connectivity index (χ4v) is 2.98. The lowest BCUT2D eigenvalue weighted by Gasteiger charge is -2.18. The molecular weight excluding hydrogens is 338 g/mol. The molecule has 0 spiro atoms. The van der Waals surface area contributed by atoms with Gasteiger partial charge in [-0.1, -0.05) is 0 Å². The minimum absolute atomic E-state index is 0.255. The minimum atomic E-state index is -0.450. The van der Waals surface area contributed by atoms with Gasteiger partial charge in [-0.05, 0) is 42.6 Å². The van der Waals surface area contributed by atoms with Crippen molar-refractivity contribution in [2.75, 3.05) is 24.6 Å². The van der Waals surface area contributed by atoms with Gasteiger partial charge >= 0.3 is 5.97 Å². The van der Waals surface area contributed by atoms with E-state index in [1.165, 1.54) is 0 Å². The third-order valence-corrected chi connectivity index (χ3v) is 3.93. The van der Waals surface area contributed by atoms with Crippen LogP contribution in [0.3, 0.4) is 0 Å². The van der Waals surface area contributed by atoms with Crippen molar-refractivity contribution >= 4 is 33.2 Å². The lowest BCUT2D eigenvalue weighted by atomic mass is 10.3. The molecule has 0 radical (unpaired) electrons. The van der Waals surface area contributed by atoms with Crippen LogP contribution in [0, 0.1) is 6.92 Å². The molecular formula is C13H16BrN5O2. The zero-order valence-electron chi connectivity index (χ0n) is 12.0. The molecule has 0 unspecified atom stereocenters. The Hall–Kier alpha value is -1.70. The summed E-state index contributed by atoms with van der Waals surface area (Å²) in [5.74, 6) is 0.938. The third-order valence-electron chi connectivity index (χ3n) is 3.41. The highest BCUT2D eigenvalue weighted by molar-refractivity contribution is 9.10. The van der Waals surface area contributed by atoms with Crippen LogP contribution in [-0.2, 0) is 4.74 Å². The van der Waals surface area contributed by atoms with Crippen molar-refractivity contribution in [3.63, 3.8) is 0 Å². The highest BCUT2D eigenvalue weighted by Crippen LogP contribution is 2.28. The van der Waals surface area contributed by atoms with Crippen LogP contribution in [0.5, 0.6) is 0 Å². The van der Waals surface area contributed by atoms with Crippen LogP contribution in [0.1, 0.15) is 36.1 Å². The molecule has 2 aromatic heterocycles. The molecule has 21 heavy (non-hydrogen) atoms. The molecule has 8 heteroatoms. The lowest BCUT2D eigenvalue weighted by molar-refractivity contribution is 0.0522. The van der Waals surface area contributed by atoms with E-state index in [9.17, 15) is 4.79 Å². The average molecular weight is 354 g/mol. The Bertz CT molecular complexity index is 693. The number of halogens is 1. The standard InChI is InChI=1S/C13H16BrN5O2/c1-3-21-12(20)9-10-11(18-6-4-5-7-18)15-8(2)17-19(10)13(14)16-9/h3-7H2,1-2H3. The summed E-state index contributed by atoms with van der Waals surface area (Å²) in [6.45, 7) is 5.76. The van der Waals surface area contributed by atoms with Gasteiger partial charge in [-0.2, -0.15) is 5.10 Å². The van der Waals surface area contributed by atoms with Gasteiger partial charge in [0.25, 0.3) is 0 Å². The van der Waals surface area contributed by atoms with Crippen LogP contribution in [0.25, 0.3) is 5.52 Å². The van der Waals surface area contributed by atoms with Crippen molar-refractivity contribution in [1.82, 2.24) is 19.6 Å². The molecule has 112 valence electrons. The van der Waals surface area contributed by atoms with E-state index in [4.69, 9.17) is 4.74 Å². The second-order valence-corrected chi connectivity index (χ2v) is 5.60. The molecule has 3 rings (SSSR count). The van der Waals surface area contributed by atoms with Crippen molar-refractivity contribution in [2.24, 2.45) is 0 Å². The summed E-state index contributed by atoms with van der Waals surface area (Å²) >= 11 is 3.35. The van der Waals surface area contributed by atoms with Crippen LogP contribution in [0.2, 0.25) is 0 Å². The zero-order chi connectivity index (χ0) is 15.0. The first-order valence-electron chi connectivity index (χ1n) is 6.96. The number of hydrogen-bond acceptors (Lipinski definition) is 6. The van der Waals surface area contributed by atoms with Crippen molar-refractivity contribution in [3.05, 3.63) is 16.3 Å². The first-order valence-corrected chi connectivity index (χ1v) is 7.76.